The third-order valence-electron chi connectivity index (χ3n) is 3.87. The van der Waals surface area contributed by atoms with Gasteiger partial charge in [-0.1, -0.05) is 23.7 Å². The van der Waals surface area contributed by atoms with Crippen LogP contribution in [0.15, 0.2) is 23.4 Å². The van der Waals surface area contributed by atoms with E-state index in [0.717, 1.165) is 36.5 Å². The van der Waals surface area contributed by atoms with Crippen molar-refractivity contribution >= 4 is 11.8 Å². The highest BCUT2D eigenvalue weighted by molar-refractivity contribution is 5.97. The van der Waals surface area contributed by atoms with Crippen LogP contribution in [0.3, 0.4) is 0 Å². The summed E-state index contributed by atoms with van der Waals surface area (Å²) >= 11 is 0. The number of piperidine rings is 1. The van der Waals surface area contributed by atoms with Crippen LogP contribution in [0.4, 0.5) is 0 Å². The molecule has 20 heavy (non-hydrogen) atoms. The van der Waals surface area contributed by atoms with Crippen LogP contribution in [0.5, 0.6) is 11.5 Å². The van der Waals surface area contributed by atoms with Crippen LogP contribution >= 0.6 is 0 Å². The van der Waals surface area contributed by atoms with Crippen molar-refractivity contribution in [1.82, 2.24) is 4.90 Å². The van der Waals surface area contributed by atoms with Gasteiger partial charge in [0.15, 0.2) is 5.75 Å². The molecule has 1 aromatic carbocycles. The molecular weight excluding hydrogens is 252 g/mol. The normalized spacial score (nSPS) is 18.9. The number of oxime groups is 1. The van der Waals surface area contributed by atoms with Gasteiger partial charge in [0.25, 0.3) is 0 Å². The molecule has 0 aromatic heterocycles. The molecule has 0 saturated carbocycles. The summed E-state index contributed by atoms with van der Waals surface area (Å²) < 4.78 is 0. The SMILES string of the molecule is CC1=NOc2c(ccc(CN3CCCCC3)c2O)C=C1. The molecular formula is C16H20N2O2. The zero-order valence-electron chi connectivity index (χ0n) is 11.8. The van der Waals surface area contributed by atoms with Crippen LogP contribution < -0.4 is 4.84 Å². The quantitative estimate of drug-likeness (QED) is 0.899. The molecule has 0 atom stereocenters. The first-order valence-corrected chi connectivity index (χ1v) is 7.21. The Morgan fingerprint density at radius 3 is 2.80 bits per heavy atom. The molecule has 1 saturated heterocycles. The van der Waals surface area contributed by atoms with E-state index in [4.69, 9.17) is 4.84 Å². The summed E-state index contributed by atoms with van der Waals surface area (Å²) in [5, 5.41) is 14.4. The highest BCUT2D eigenvalue weighted by Crippen LogP contribution is 2.36. The molecule has 4 nitrogen and oxygen atoms in total. The van der Waals surface area contributed by atoms with E-state index in [0.29, 0.717) is 5.75 Å². The fourth-order valence-corrected chi connectivity index (χ4v) is 2.70. The number of phenolic OH excluding ortho intramolecular Hbond substituents is 1. The lowest BCUT2D eigenvalue weighted by Gasteiger charge is -2.26. The number of rotatable bonds is 2. The molecule has 3 rings (SSSR count). The van der Waals surface area contributed by atoms with Gasteiger partial charge in [-0.05, 0) is 45.0 Å². The van der Waals surface area contributed by atoms with Crippen molar-refractivity contribution in [1.29, 1.82) is 0 Å². The van der Waals surface area contributed by atoms with Gasteiger partial charge in [-0.2, -0.15) is 0 Å². The van der Waals surface area contributed by atoms with Crippen LogP contribution in [0, 0.1) is 0 Å². The van der Waals surface area contributed by atoms with Crippen molar-refractivity contribution in [2.24, 2.45) is 5.16 Å². The van der Waals surface area contributed by atoms with Crippen LogP contribution in [-0.4, -0.2) is 28.8 Å². The summed E-state index contributed by atoms with van der Waals surface area (Å²) in [6.45, 7) is 4.85. The zero-order chi connectivity index (χ0) is 13.9. The molecule has 0 bridgehead atoms. The molecule has 0 radical (unpaired) electrons. The molecule has 0 unspecified atom stereocenters. The average molecular weight is 272 g/mol. The van der Waals surface area contributed by atoms with Crippen molar-refractivity contribution in [2.75, 3.05) is 13.1 Å². The summed E-state index contributed by atoms with van der Waals surface area (Å²) in [6, 6.07) is 3.97. The molecule has 2 aliphatic heterocycles. The minimum absolute atomic E-state index is 0.219. The van der Waals surface area contributed by atoms with Crippen LogP contribution in [0.1, 0.15) is 37.3 Å². The van der Waals surface area contributed by atoms with Gasteiger partial charge >= 0.3 is 0 Å². The summed E-state index contributed by atoms with van der Waals surface area (Å²) in [7, 11) is 0. The standard InChI is InChI=1S/C16H20N2O2/c1-12-5-6-13-7-8-14(15(19)16(13)20-17-12)11-18-9-3-2-4-10-18/h5-8,19H,2-4,9-11H2,1H3. The Hall–Kier alpha value is -1.81. The number of hydrogen-bond acceptors (Lipinski definition) is 4. The summed E-state index contributed by atoms with van der Waals surface area (Å²) in [5.74, 6) is 0.684. The Bertz CT molecular complexity index is 558. The van der Waals surface area contributed by atoms with Crippen LogP contribution in [0.25, 0.3) is 6.08 Å². The lowest BCUT2D eigenvalue weighted by molar-refractivity contribution is 0.217. The first-order chi connectivity index (χ1) is 9.74. The van der Waals surface area contributed by atoms with Crippen molar-refractivity contribution in [3.63, 3.8) is 0 Å². The van der Waals surface area contributed by atoms with E-state index in [1.807, 2.05) is 31.2 Å². The van der Waals surface area contributed by atoms with E-state index in [2.05, 4.69) is 10.1 Å². The summed E-state index contributed by atoms with van der Waals surface area (Å²) in [6.07, 6.45) is 7.61. The Morgan fingerprint density at radius 2 is 2.00 bits per heavy atom. The lowest BCUT2D eigenvalue weighted by Crippen LogP contribution is -2.29. The fraction of sp³-hybridized carbons (Fsp3) is 0.438. The van der Waals surface area contributed by atoms with E-state index < -0.39 is 0 Å². The van der Waals surface area contributed by atoms with Crippen molar-refractivity contribution in [3.8, 4) is 11.5 Å². The maximum absolute atomic E-state index is 10.4. The van der Waals surface area contributed by atoms with Crippen molar-refractivity contribution in [3.05, 3.63) is 29.3 Å². The smallest absolute Gasteiger partial charge is 0.207 e. The predicted molar refractivity (Wildman–Crippen MR) is 80.0 cm³/mol. The Balaban J connectivity index is 1.85. The highest BCUT2D eigenvalue weighted by Gasteiger charge is 2.18. The second-order valence-corrected chi connectivity index (χ2v) is 5.49. The van der Waals surface area contributed by atoms with Gasteiger partial charge in [0.05, 0.1) is 5.71 Å². The maximum atomic E-state index is 10.4. The molecule has 1 N–H and O–H groups in total. The molecule has 0 amide bonds. The average Bonchev–Trinajstić information content (AvgIpc) is 2.66. The largest absolute Gasteiger partial charge is 0.504 e. The predicted octanol–water partition coefficient (Wildman–Crippen LogP) is 3.16. The first-order valence-electron chi connectivity index (χ1n) is 7.21. The summed E-state index contributed by atoms with van der Waals surface area (Å²) in [5.41, 5.74) is 2.57. The van der Waals surface area contributed by atoms with Crippen molar-refractivity contribution < 1.29 is 9.94 Å². The van der Waals surface area contributed by atoms with E-state index in [1.165, 1.54) is 19.3 Å². The monoisotopic (exact) mass is 272 g/mol. The molecule has 4 heteroatoms. The maximum Gasteiger partial charge on any atom is 0.207 e. The van der Waals surface area contributed by atoms with Gasteiger partial charge < -0.3 is 9.94 Å². The molecule has 2 heterocycles. The fourth-order valence-electron chi connectivity index (χ4n) is 2.70. The van der Waals surface area contributed by atoms with Gasteiger partial charge in [-0.25, -0.2) is 0 Å². The van der Waals surface area contributed by atoms with Gasteiger partial charge in [0.1, 0.15) is 0 Å². The third-order valence-corrected chi connectivity index (χ3v) is 3.87. The number of aromatic hydroxyl groups is 1. The molecule has 1 fully saturated rings. The number of allylic oxidation sites excluding steroid dienone is 1. The number of likely N-dealkylation sites (tertiary alicyclic amines) is 1. The van der Waals surface area contributed by atoms with E-state index in [9.17, 15) is 5.11 Å². The molecule has 1 aromatic rings. The molecule has 0 spiro atoms. The second-order valence-electron chi connectivity index (χ2n) is 5.49. The number of hydrogen-bond donors (Lipinski definition) is 1. The second kappa shape index (κ2) is 5.67. The van der Waals surface area contributed by atoms with Gasteiger partial charge in [-0.3, -0.25) is 4.90 Å². The van der Waals surface area contributed by atoms with Gasteiger partial charge in [0.2, 0.25) is 5.75 Å². The van der Waals surface area contributed by atoms with E-state index >= 15 is 0 Å². The number of benzene rings is 1. The molecule has 106 valence electrons. The van der Waals surface area contributed by atoms with E-state index in [-0.39, 0.29) is 5.75 Å². The molecule has 2 aliphatic rings. The number of phenols is 1. The third kappa shape index (κ3) is 2.70. The lowest BCUT2D eigenvalue weighted by atomic mass is 10.1. The van der Waals surface area contributed by atoms with Crippen LogP contribution in [0.2, 0.25) is 0 Å². The topological polar surface area (TPSA) is 45.1 Å². The minimum Gasteiger partial charge on any atom is -0.504 e. The Morgan fingerprint density at radius 1 is 1.20 bits per heavy atom. The van der Waals surface area contributed by atoms with E-state index in [1.54, 1.807) is 0 Å². The van der Waals surface area contributed by atoms with Crippen molar-refractivity contribution in [2.45, 2.75) is 32.7 Å². The first kappa shape index (κ1) is 13.2. The Labute approximate surface area is 119 Å². The van der Waals surface area contributed by atoms with Gasteiger partial charge in [-0.15, -0.1) is 0 Å². The molecule has 0 aliphatic carbocycles. The minimum atomic E-state index is 0.219. The summed E-state index contributed by atoms with van der Waals surface area (Å²) in [4.78, 5) is 7.76. The number of fused-ring (bicyclic) bond motifs is 1. The zero-order valence-corrected chi connectivity index (χ0v) is 11.8. The van der Waals surface area contributed by atoms with Gasteiger partial charge in [0, 0.05) is 17.7 Å². The Kier molecular flexibility index (Phi) is 3.74. The van der Waals surface area contributed by atoms with Crippen LogP contribution in [-0.2, 0) is 6.54 Å². The number of nitrogens with zero attached hydrogens (tertiary/aromatic N) is 2. The highest BCUT2D eigenvalue weighted by atomic mass is 16.6.